The van der Waals surface area contributed by atoms with Gasteiger partial charge in [-0.2, -0.15) is 0 Å². The van der Waals surface area contributed by atoms with Gasteiger partial charge < -0.3 is 29.0 Å². The van der Waals surface area contributed by atoms with Crippen LogP contribution in [0.15, 0.2) is 0 Å². The number of hydrogen-bond donors (Lipinski definition) is 1. The van der Waals surface area contributed by atoms with Gasteiger partial charge in [0.05, 0.1) is 65.1 Å². The Labute approximate surface area is 146 Å². The fourth-order valence-corrected chi connectivity index (χ4v) is 1.60. The molecule has 0 aliphatic heterocycles. The Morgan fingerprint density at radius 2 is 1.17 bits per heavy atom. The Bertz CT molecular complexity index is 267. The van der Waals surface area contributed by atoms with E-state index in [1.807, 2.05) is 0 Å². The standard InChI is InChI=1S/C17H36FNO5/c1-16(2)19-5-6-20-7-8-21-9-10-22-11-12-23-13-14-24-17(3,4)15-18/h16,19H,5-15H2,1-4H3. The van der Waals surface area contributed by atoms with Crippen molar-refractivity contribution in [1.29, 1.82) is 0 Å². The number of halogens is 1. The van der Waals surface area contributed by atoms with E-state index in [-0.39, 0.29) is 0 Å². The topological polar surface area (TPSA) is 58.2 Å². The molecule has 0 saturated carbocycles. The minimum Gasteiger partial charge on any atom is -0.378 e. The maximum absolute atomic E-state index is 12.5. The molecule has 0 spiro atoms. The Morgan fingerprint density at radius 1 is 0.750 bits per heavy atom. The predicted molar refractivity (Wildman–Crippen MR) is 92.4 cm³/mol. The van der Waals surface area contributed by atoms with Crippen LogP contribution in [0.4, 0.5) is 4.39 Å². The fraction of sp³-hybridized carbons (Fsp3) is 1.00. The summed E-state index contributed by atoms with van der Waals surface area (Å²) in [7, 11) is 0. The number of hydrogen-bond acceptors (Lipinski definition) is 6. The Morgan fingerprint density at radius 3 is 1.58 bits per heavy atom. The molecule has 0 aliphatic rings. The van der Waals surface area contributed by atoms with Gasteiger partial charge in [0.15, 0.2) is 0 Å². The predicted octanol–water partition coefficient (Wildman–Crippen LogP) is 1.82. The lowest BCUT2D eigenvalue weighted by atomic mass is 10.2. The van der Waals surface area contributed by atoms with E-state index in [0.29, 0.717) is 65.5 Å². The molecular formula is C17H36FNO5. The lowest BCUT2D eigenvalue weighted by Crippen LogP contribution is -2.28. The molecule has 24 heavy (non-hydrogen) atoms. The highest BCUT2D eigenvalue weighted by molar-refractivity contribution is 4.65. The van der Waals surface area contributed by atoms with Crippen molar-refractivity contribution < 1.29 is 28.1 Å². The summed E-state index contributed by atoms with van der Waals surface area (Å²) in [4.78, 5) is 0. The van der Waals surface area contributed by atoms with E-state index < -0.39 is 12.3 Å². The molecule has 0 amide bonds. The molecule has 0 aliphatic carbocycles. The van der Waals surface area contributed by atoms with Crippen molar-refractivity contribution in [2.24, 2.45) is 0 Å². The van der Waals surface area contributed by atoms with Crippen molar-refractivity contribution >= 4 is 0 Å². The molecular weight excluding hydrogens is 317 g/mol. The molecule has 0 unspecified atom stereocenters. The molecule has 0 saturated heterocycles. The quantitative estimate of drug-likeness (QED) is 0.379. The molecule has 7 heteroatoms. The average molecular weight is 353 g/mol. The lowest BCUT2D eigenvalue weighted by molar-refractivity contribution is -0.0637. The molecule has 0 radical (unpaired) electrons. The molecule has 0 aromatic carbocycles. The second-order valence-electron chi connectivity index (χ2n) is 6.30. The summed E-state index contributed by atoms with van der Waals surface area (Å²) < 4.78 is 39.3. The Balaban J connectivity index is 3.08. The van der Waals surface area contributed by atoms with E-state index in [9.17, 15) is 4.39 Å². The number of alkyl halides is 1. The van der Waals surface area contributed by atoms with Crippen molar-refractivity contribution in [3.8, 4) is 0 Å². The minimum atomic E-state index is -0.730. The van der Waals surface area contributed by atoms with Gasteiger partial charge >= 0.3 is 0 Å². The van der Waals surface area contributed by atoms with Crippen LogP contribution in [0.2, 0.25) is 0 Å². The van der Waals surface area contributed by atoms with Crippen molar-refractivity contribution in [3.63, 3.8) is 0 Å². The summed E-state index contributed by atoms with van der Waals surface area (Å²) in [5.74, 6) is 0. The average Bonchev–Trinajstić information content (AvgIpc) is 2.54. The van der Waals surface area contributed by atoms with Crippen LogP contribution in [0.3, 0.4) is 0 Å². The van der Waals surface area contributed by atoms with Crippen LogP contribution >= 0.6 is 0 Å². The van der Waals surface area contributed by atoms with Gasteiger partial charge in [-0.05, 0) is 13.8 Å². The van der Waals surface area contributed by atoms with Gasteiger partial charge in [-0.3, -0.25) is 0 Å². The van der Waals surface area contributed by atoms with Crippen LogP contribution in [-0.4, -0.2) is 84.3 Å². The van der Waals surface area contributed by atoms with Crippen molar-refractivity contribution in [3.05, 3.63) is 0 Å². The third kappa shape index (κ3) is 18.0. The van der Waals surface area contributed by atoms with E-state index in [1.165, 1.54) is 0 Å². The van der Waals surface area contributed by atoms with Gasteiger partial charge in [0.25, 0.3) is 0 Å². The van der Waals surface area contributed by atoms with E-state index in [2.05, 4.69) is 19.2 Å². The molecule has 0 aromatic rings. The minimum absolute atomic E-state index is 0.382. The van der Waals surface area contributed by atoms with Crippen molar-refractivity contribution in [1.82, 2.24) is 5.32 Å². The summed E-state index contributed by atoms with van der Waals surface area (Å²) in [5.41, 5.74) is -0.730. The van der Waals surface area contributed by atoms with E-state index >= 15 is 0 Å². The lowest BCUT2D eigenvalue weighted by Gasteiger charge is -2.21. The molecule has 1 N–H and O–H groups in total. The van der Waals surface area contributed by atoms with Gasteiger partial charge in [0.1, 0.15) is 6.67 Å². The first-order chi connectivity index (χ1) is 11.5. The maximum atomic E-state index is 12.5. The molecule has 146 valence electrons. The number of nitrogens with one attached hydrogen (secondary N) is 1. The van der Waals surface area contributed by atoms with Crippen LogP contribution in [0.1, 0.15) is 27.7 Å². The van der Waals surface area contributed by atoms with Gasteiger partial charge in [0.2, 0.25) is 0 Å². The molecule has 0 atom stereocenters. The highest BCUT2D eigenvalue weighted by Gasteiger charge is 2.17. The third-order valence-corrected chi connectivity index (χ3v) is 2.96. The Hall–Kier alpha value is -0.310. The summed E-state index contributed by atoms with van der Waals surface area (Å²) in [6, 6.07) is 0.487. The van der Waals surface area contributed by atoms with Crippen LogP contribution in [0.5, 0.6) is 0 Å². The highest BCUT2D eigenvalue weighted by Crippen LogP contribution is 2.08. The van der Waals surface area contributed by atoms with Crippen molar-refractivity contribution in [2.75, 3.05) is 72.7 Å². The van der Waals surface area contributed by atoms with E-state index in [0.717, 1.165) is 6.54 Å². The first-order valence-electron chi connectivity index (χ1n) is 8.72. The third-order valence-electron chi connectivity index (χ3n) is 2.96. The fourth-order valence-electron chi connectivity index (χ4n) is 1.60. The van der Waals surface area contributed by atoms with Gasteiger partial charge in [-0.25, -0.2) is 4.39 Å². The molecule has 6 nitrogen and oxygen atoms in total. The molecule has 0 aromatic heterocycles. The second-order valence-corrected chi connectivity index (χ2v) is 6.30. The smallest absolute Gasteiger partial charge is 0.118 e. The Kier molecular flexibility index (Phi) is 16.0. The monoisotopic (exact) mass is 353 g/mol. The summed E-state index contributed by atoms with van der Waals surface area (Å²) in [6.45, 7) is 12.7. The zero-order valence-corrected chi connectivity index (χ0v) is 15.8. The highest BCUT2D eigenvalue weighted by atomic mass is 19.1. The largest absolute Gasteiger partial charge is 0.378 e. The first-order valence-corrected chi connectivity index (χ1v) is 8.72. The molecule has 0 bridgehead atoms. The first kappa shape index (κ1) is 23.7. The van der Waals surface area contributed by atoms with E-state index in [1.54, 1.807) is 13.8 Å². The summed E-state index contributed by atoms with van der Waals surface area (Å²) in [5, 5.41) is 3.28. The summed E-state index contributed by atoms with van der Waals surface area (Å²) >= 11 is 0. The van der Waals surface area contributed by atoms with Crippen LogP contribution in [0.25, 0.3) is 0 Å². The van der Waals surface area contributed by atoms with Gasteiger partial charge in [-0.1, -0.05) is 13.8 Å². The zero-order chi connectivity index (χ0) is 18.1. The van der Waals surface area contributed by atoms with Crippen molar-refractivity contribution in [2.45, 2.75) is 39.3 Å². The molecule has 0 fully saturated rings. The van der Waals surface area contributed by atoms with Crippen LogP contribution < -0.4 is 5.32 Å². The second kappa shape index (κ2) is 16.2. The normalized spacial score (nSPS) is 12.2. The van der Waals surface area contributed by atoms with Gasteiger partial charge in [0, 0.05) is 12.6 Å². The molecule has 0 heterocycles. The van der Waals surface area contributed by atoms with Crippen LogP contribution in [-0.2, 0) is 23.7 Å². The summed E-state index contributed by atoms with van der Waals surface area (Å²) in [6.07, 6.45) is 0. The van der Waals surface area contributed by atoms with E-state index in [4.69, 9.17) is 23.7 Å². The SMILES string of the molecule is CC(C)NCCOCCOCCOCCOCCOC(C)(C)CF. The molecule has 0 rings (SSSR count). The van der Waals surface area contributed by atoms with Crippen LogP contribution in [0, 0.1) is 0 Å². The number of ether oxygens (including phenoxy) is 5. The zero-order valence-electron chi connectivity index (χ0n) is 15.8. The van der Waals surface area contributed by atoms with Gasteiger partial charge in [-0.15, -0.1) is 0 Å². The number of rotatable bonds is 18. The maximum Gasteiger partial charge on any atom is 0.118 e.